The van der Waals surface area contributed by atoms with Crippen LogP contribution in [0.3, 0.4) is 0 Å². The monoisotopic (exact) mass is 391 g/mol. The van der Waals surface area contributed by atoms with Gasteiger partial charge in [-0.05, 0) is 42.8 Å². The number of aryl methyl sites for hydroxylation is 1. The van der Waals surface area contributed by atoms with E-state index in [1.165, 1.54) is 30.3 Å². The maximum Gasteiger partial charge on any atom is 0.264 e. The minimum Gasteiger partial charge on any atom is -0.262 e. The zero-order valence-corrected chi connectivity index (χ0v) is 15.2. The zero-order valence-electron chi connectivity index (χ0n) is 14.4. The summed E-state index contributed by atoms with van der Waals surface area (Å²) in [6.07, 6.45) is 0. The Morgan fingerprint density at radius 1 is 0.852 bits per heavy atom. The molecule has 0 aliphatic rings. The van der Waals surface area contributed by atoms with Crippen molar-refractivity contribution in [2.24, 2.45) is 0 Å². The van der Waals surface area contributed by atoms with Gasteiger partial charge in [0.1, 0.15) is 17.5 Å². The second-order valence-electron chi connectivity index (χ2n) is 5.99. The minimum absolute atomic E-state index is 0.0248. The second-order valence-corrected chi connectivity index (χ2v) is 7.82. The fraction of sp³-hybridized carbons (Fsp3) is 0.100. The van der Waals surface area contributed by atoms with E-state index in [1.54, 1.807) is 25.1 Å². The van der Waals surface area contributed by atoms with Gasteiger partial charge in [0.15, 0.2) is 0 Å². The number of sulfonamides is 1. The van der Waals surface area contributed by atoms with Crippen molar-refractivity contribution >= 4 is 15.7 Å². The van der Waals surface area contributed by atoms with Crippen molar-refractivity contribution in [3.8, 4) is 0 Å². The quantitative estimate of drug-likeness (QED) is 0.626. The number of benzene rings is 3. The van der Waals surface area contributed by atoms with Crippen LogP contribution in [-0.2, 0) is 16.6 Å². The molecule has 0 aliphatic carbocycles. The SMILES string of the molecule is Cc1ccccc1S(=O)(=O)N(Cc1ccc(F)cc1F)c1cccc(F)c1. The van der Waals surface area contributed by atoms with Crippen LogP contribution in [0.1, 0.15) is 11.1 Å². The van der Waals surface area contributed by atoms with E-state index in [4.69, 9.17) is 0 Å². The standard InChI is InChI=1S/C20H16F3NO2S/c1-14-5-2-3-8-20(14)27(25,26)24(18-7-4-6-16(21)11-18)13-15-9-10-17(22)12-19(15)23/h2-12H,13H2,1H3. The first-order valence-corrected chi connectivity index (χ1v) is 9.51. The van der Waals surface area contributed by atoms with Crippen LogP contribution < -0.4 is 4.31 Å². The average Bonchev–Trinajstić information content (AvgIpc) is 2.61. The molecule has 0 heterocycles. The molecule has 3 nitrogen and oxygen atoms in total. The van der Waals surface area contributed by atoms with Crippen LogP contribution in [0.15, 0.2) is 71.6 Å². The Kier molecular flexibility index (Phi) is 5.23. The lowest BCUT2D eigenvalue weighted by atomic mass is 10.2. The van der Waals surface area contributed by atoms with Gasteiger partial charge in [0.2, 0.25) is 0 Å². The maximum absolute atomic E-state index is 14.1. The fourth-order valence-corrected chi connectivity index (χ4v) is 4.38. The molecule has 7 heteroatoms. The molecule has 0 N–H and O–H groups in total. The molecule has 0 fully saturated rings. The van der Waals surface area contributed by atoms with Crippen molar-refractivity contribution in [3.05, 3.63) is 95.3 Å². The molecule has 3 aromatic carbocycles. The van der Waals surface area contributed by atoms with E-state index in [9.17, 15) is 21.6 Å². The van der Waals surface area contributed by atoms with Gasteiger partial charge >= 0.3 is 0 Å². The molecule has 0 aromatic heterocycles. The lowest BCUT2D eigenvalue weighted by molar-refractivity contribution is 0.568. The van der Waals surface area contributed by atoms with Crippen molar-refractivity contribution in [2.45, 2.75) is 18.4 Å². The summed E-state index contributed by atoms with van der Waals surface area (Å²) in [5, 5.41) is 0. The van der Waals surface area contributed by atoms with Crippen LogP contribution in [0.4, 0.5) is 18.9 Å². The molecule has 0 saturated carbocycles. The third kappa shape index (κ3) is 3.98. The van der Waals surface area contributed by atoms with E-state index < -0.39 is 34.0 Å². The average molecular weight is 391 g/mol. The predicted molar refractivity (Wildman–Crippen MR) is 97.3 cm³/mol. The van der Waals surface area contributed by atoms with Crippen molar-refractivity contribution in [1.29, 1.82) is 0 Å². The van der Waals surface area contributed by atoms with Crippen molar-refractivity contribution < 1.29 is 21.6 Å². The van der Waals surface area contributed by atoms with Gasteiger partial charge in [-0.1, -0.05) is 30.3 Å². The van der Waals surface area contributed by atoms with E-state index in [-0.39, 0.29) is 16.1 Å². The molecule has 0 atom stereocenters. The summed E-state index contributed by atoms with van der Waals surface area (Å²) in [4.78, 5) is 0.0248. The molecule has 0 saturated heterocycles. The topological polar surface area (TPSA) is 37.4 Å². The molecule has 0 aliphatic heterocycles. The summed E-state index contributed by atoms with van der Waals surface area (Å²) in [5.74, 6) is -2.27. The van der Waals surface area contributed by atoms with Crippen LogP contribution in [0.2, 0.25) is 0 Å². The minimum atomic E-state index is -4.12. The number of halogens is 3. The number of hydrogen-bond donors (Lipinski definition) is 0. The Hall–Kier alpha value is -2.80. The zero-order chi connectivity index (χ0) is 19.6. The summed E-state index contributed by atoms with van der Waals surface area (Å²) < 4.78 is 68.5. The van der Waals surface area contributed by atoms with Gasteiger partial charge < -0.3 is 0 Å². The fourth-order valence-electron chi connectivity index (χ4n) is 2.72. The summed E-state index contributed by atoms with van der Waals surface area (Å²) >= 11 is 0. The van der Waals surface area contributed by atoms with Gasteiger partial charge in [0.05, 0.1) is 17.1 Å². The normalized spacial score (nSPS) is 11.4. The van der Waals surface area contributed by atoms with Crippen LogP contribution in [0, 0.1) is 24.4 Å². The first kappa shape index (κ1) is 19.0. The number of hydrogen-bond acceptors (Lipinski definition) is 2. The summed E-state index contributed by atoms with van der Waals surface area (Å²) in [6.45, 7) is 1.22. The van der Waals surface area contributed by atoms with E-state index >= 15 is 0 Å². The van der Waals surface area contributed by atoms with E-state index in [0.717, 1.165) is 16.4 Å². The molecular weight excluding hydrogens is 375 g/mol. The van der Waals surface area contributed by atoms with Crippen LogP contribution in [0.25, 0.3) is 0 Å². The lowest BCUT2D eigenvalue weighted by Crippen LogP contribution is -2.31. The van der Waals surface area contributed by atoms with E-state index in [1.807, 2.05) is 0 Å². The molecule has 140 valence electrons. The van der Waals surface area contributed by atoms with Gasteiger partial charge in [-0.25, -0.2) is 21.6 Å². The Morgan fingerprint density at radius 3 is 2.22 bits per heavy atom. The second kappa shape index (κ2) is 7.44. The molecule has 0 radical (unpaired) electrons. The van der Waals surface area contributed by atoms with Crippen LogP contribution in [0.5, 0.6) is 0 Å². The highest BCUT2D eigenvalue weighted by Crippen LogP contribution is 2.28. The third-order valence-corrected chi connectivity index (χ3v) is 6.02. The van der Waals surface area contributed by atoms with Crippen LogP contribution in [-0.4, -0.2) is 8.42 Å². The lowest BCUT2D eigenvalue weighted by Gasteiger charge is -2.25. The molecule has 3 rings (SSSR count). The van der Waals surface area contributed by atoms with Gasteiger partial charge in [-0.3, -0.25) is 4.31 Å². The summed E-state index contributed by atoms with van der Waals surface area (Å²) in [7, 11) is -4.12. The number of rotatable bonds is 5. The predicted octanol–water partition coefficient (Wildman–Crippen LogP) is 4.81. The molecule has 3 aromatic rings. The van der Waals surface area contributed by atoms with E-state index in [2.05, 4.69) is 0 Å². The van der Waals surface area contributed by atoms with Crippen molar-refractivity contribution in [1.82, 2.24) is 0 Å². The van der Waals surface area contributed by atoms with Crippen molar-refractivity contribution in [2.75, 3.05) is 4.31 Å². The third-order valence-electron chi connectivity index (χ3n) is 4.09. The summed E-state index contributed by atoms with van der Waals surface area (Å²) in [5.41, 5.74) is 0.512. The Morgan fingerprint density at radius 2 is 1.56 bits per heavy atom. The van der Waals surface area contributed by atoms with E-state index in [0.29, 0.717) is 11.6 Å². The van der Waals surface area contributed by atoms with Gasteiger partial charge in [0.25, 0.3) is 10.0 Å². The summed E-state index contributed by atoms with van der Waals surface area (Å²) in [6, 6.07) is 14.2. The molecular formula is C20H16F3NO2S. The molecule has 0 bridgehead atoms. The highest BCUT2D eigenvalue weighted by Gasteiger charge is 2.27. The first-order valence-electron chi connectivity index (χ1n) is 8.07. The smallest absolute Gasteiger partial charge is 0.262 e. The Balaban J connectivity index is 2.14. The van der Waals surface area contributed by atoms with Crippen LogP contribution >= 0.6 is 0 Å². The Bertz CT molecular complexity index is 1080. The number of anilines is 1. The van der Waals surface area contributed by atoms with Gasteiger partial charge in [-0.2, -0.15) is 0 Å². The first-order chi connectivity index (χ1) is 12.8. The molecule has 0 unspecified atom stereocenters. The molecule has 27 heavy (non-hydrogen) atoms. The van der Waals surface area contributed by atoms with Gasteiger partial charge in [0, 0.05) is 11.6 Å². The largest absolute Gasteiger partial charge is 0.264 e. The maximum atomic E-state index is 14.1. The van der Waals surface area contributed by atoms with Crippen molar-refractivity contribution in [3.63, 3.8) is 0 Å². The van der Waals surface area contributed by atoms with Gasteiger partial charge in [-0.15, -0.1) is 0 Å². The highest BCUT2D eigenvalue weighted by atomic mass is 32.2. The Labute approximate surface area is 155 Å². The number of nitrogens with zero attached hydrogens (tertiary/aromatic N) is 1. The molecule has 0 amide bonds. The highest BCUT2D eigenvalue weighted by molar-refractivity contribution is 7.92. The molecule has 0 spiro atoms.